The van der Waals surface area contributed by atoms with E-state index < -0.39 is 24.6 Å². The van der Waals surface area contributed by atoms with Crippen LogP contribution in [0.5, 0.6) is 11.5 Å². The van der Waals surface area contributed by atoms with Crippen molar-refractivity contribution in [2.75, 3.05) is 20.3 Å². The van der Waals surface area contributed by atoms with E-state index in [0.717, 1.165) is 11.3 Å². The molecule has 0 radical (unpaired) electrons. The molecule has 0 aliphatic carbocycles. The number of rotatable bonds is 8. The van der Waals surface area contributed by atoms with Crippen molar-refractivity contribution < 1.29 is 28.9 Å². The third-order valence-electron chi connectivity index (χ3n) is 5.58. The molecule has 0 spiro atoms. The second kappa shape index (κ2) is 11.4. The average Bonchev–Trinajstić information content (AvgIpc) is 3.16. The van der Waals surface area contributed by atoms with Crippen LogP contribution in [0.15, 0.2) is 57.5 Å². The largest absolute Gasteiger partial charge is 0.497 e. The van der Waals surface area contributed by atoms with E-state index in [-0.39, 0.29) is 33.5 Å². The molecule has 198 valence electrons. The number of carbonyl (C=O) groups excluding carboxylic acids is 1. The summed E-state index contributed by atoms with van der Waals surface area (Å²) in [5.41, 5.74) is 1.46. The zero-order valence-corrected chi connectivity index (χ0v) is 22.8. The first-order valence-electron chi connectivity index (χ1n) is 11.3. The van der Waals surface area contributed by atoms with Crippen molar-refractivity contribution in [3.63, 3.8) is 0 Å². The Morgan fingerprint density at radius 1 is 1.21 bits per heavy atom. The fourth-order valence-corrected chi connectivity index (χ4v) is 5.66. The number of methoxy groups -OCH3 is 1. The number of esters is 1. The lowest BCUT2D eigenvalue weighted by Crippen LogP contribution is -2.39. The normalized spacial score (nSPS) is 15.1. The number of fused-ring (bicyclic) bond motifs is 1. The summed E-state index contributed by atoms with van der Waals surface area (Å²) in [6, 6.07) is 9.34. The van der Waals surface area contributed by atoms with E-state index in [9.17, 15) is 14.4 Å². The molecule has 3 aromatic rings. The van der Waals surface area contributed by atoms with Crippen molar-refractivity contribution in [2.24, 2.45) is 4.99 Å². The lowest BCUT2D eigenvalue weighted by atomic mass is 9.95. The number of halogens is 2. The van der Waals surface area contributed by atoms with E-state index in [1.54, 1.807) is 44.2 Å². The third kappa shape index (κ3) is 5.47. The Hall–Kier alpha value is -3.60. The Balaban J connectivity index is 1.88. The zero-order valence-electron chi connectivity index (χ0n) is 20.5. The second-order valence-electron chi connectivity index (χ2n) is 8.07. The molecule has 4 rings (SSSR count). The molecule has 0 saturated carbocycles. The van der Waals surface area contributed by atoms with E-state index in [4.69, 9.17) is 42.5 Å². The van der Waals surface area contributed by atoms with Gasteiger partial charge in [0.15, 0.2) is 17.2 Å². The Kier molecular flexibility index (Phi) is 8.25. The van der Waals surface area contributed by atoms with Crippen molar-refractivity contribution in [3.05, 3.63) is 88.5 Å². The number of carboxylic acid groups (broad SMARTS) is 1. The Morgan fingerprint density at radius 2 is 1.92 bits per heavy atom. The van der Waals surface area contributed by atoms with Crippen LogP contribution in [0.2, 0.25) is 10.0 Å². The summed E-state index contributed by atoms with van der Waals surface area (Å²) in [4.78, 5) is 42.5. The predicted octanol–water partition coefficient (Wildman–Crippen LogP) is 3.58. The standard InChI is InChI=1S/C26H22Cl2N2O7S/c1-4-36-25(34)21-13(2)29-26-30(22(21)15-6-5-7-16(11-15)35-3)24(33)19(38-26)10-14-8-17(27)23(18(28)9-14)37-12-20(31)32/h5-11,22H,4,12H2,1-3H3,(H,31,32)/b19-10+. The lowest BCUT2D eigenvalue weighted by molar-refractivity contribution is -0.140. The van der Waals surface area contributed by atoms with Gasteiger partial charge in [-0.05, 0) is 55.3 Å². The van der Waals surface area contributed by atoms with Crippen molar-refractivity contribution in [1.82, 2.24) is 4.57 Å². The molecule has 9 nitrogen and oxygen atoms in total. The maximum absolute atomic E-state index is 13.7. The minimum Gasteiger partial charge on any atom is -0.497 e. The minimum absolute atomic E-state index is 0.0297. The molecule has 0 bridgehead atoms. The third-order valence-corrected chi connectivity index (χ3v) is 7.13. The van der Waals surface area contributed by atoms with Crippen molar-refractivity contribution >= 4 is 52.6 Å². The van der Waals surface area contributed by atoms with Crippen molar-refractivity contribution in [2.45, 2.75) is 19.9 Å². The van der Waals surface area contributed by atoms with Gasteiger partial charge in [-0.2, -0.15) is 0 Å². The van der Waals surface area contributed by atoms with Gasteiger partial charge in [-0.3, -0.25) is 9.36 Å². The number of ether oxygens (including phenoxy) is 3. The van der Waals surface area contributed by atoms with Crippen LogP contribution >= 0.6 is 34.5 Å². The molecule has 1 atom stereocenters. The number of aliphatic carboxylic acids is 1. The zero-order chi connectivity index (χ0) is 27.6. The monoisotopic (exact) mass is 576 g/mol. The minimum atomic E-state index is -1.18. The van der Waals surface area contributed by atoms with E-state index in [1.165, 1.54) is 23.8 Å². The summed E-state index contributed by atoms with van der Waals surface area (Å²) in [6.07, 6.45) is 1.59. The van der Waals surface area contributed by atoms with Gasteiger partial charge >= 0.3 is 11.9 Å². The van der Waals surface area contributed by atoms with Crippen LogP contribution in [-0.2, 0) is 14.3 Å². The topological polar surface area (TPSA) is 116 Å². The van der Waals surface area contributed by atoms with E-state index in [2.05, 4.69) is 4.99 Å². The summed E-state index contributed by atoms with van der Waals surface area (Å²) in [5.74, 6) is -1.14. The molecule has 2 aromatic carbocycles. The maximum Gasteiger partial charge on any atom is 0.341 e. The highest BCUT2D eigenvalue weighted by molar-refractivity contribution is 7.07. The number of hydrogen-bond acceptors (Lipinski definition) is 8. The number of nitrogens with zero attached hydrogens (tertiary/aromatic N) is 2. The first-order chi connectivity index (χ1) is 18.1. The number of thiazole rings is 1. The average molecular weight is 577 g/mol. The van der Waals surface area contributed by atoms with Gasteiger partial charge in [0.2, 0.25) is 0 Å². The molecule has 1 aromatic heterocycles. The summed E-state index contributed by atoms with van der Waals surface area (Å²) >= 11 is 13.7. The summed E-state index contributed by atoms with van der Waals surface area (Å²) in [6.45, 7) is 2.96. The molecule has 38 heavy (non-hydrogen) atoms. The van der Waals surface area contributed by atoms with Gasteiger partial charge in [0.25, 0.3) is 5.56 Å². The summed E-state index contributed by atoms with van der Waals surface area (Å²) < 4.78 is 17.6. The number of carbonyl (C=O) groups is 2. The molecule has 0 amide bonds. The van der Waals surface area contributed by atoms with Gasteiger partial charge in [0, 0.05) is 0 Å². The van der Waals surface area contributed by atoms with Gasteiger partial charge in [-0.25, -0.2) is 14.6 Å². The number of carboxylic acids is 1. The second-order valence-corrected chi connectivity index (χ2v) is 9.90. The molecular weight excluding hydrogens is 555 g/mol. The smallest absolute Gasteiger partial charge is 0.341 e. The van der Waals surface area contributed by atoms with Crippen LogP contribution in [0.4, 0.5) is 0 Å². The molecular formula is C26H22Cl2N2O7S. The molecule has 1 unspecified atom stereocenters. The van der Waals surface area contributed by atoms with E-state index >= 15 is 0 Å². The van der Waals surface area contributed by atoms with Crippen LogP contribution in [-0.4, -0.2) is 41.9 Å². The highest BCUT2D eigenvalue weighted by Gasteiger charge is 2.33. The van der Waals surface area contributed by atoms with Crippen LogP contribution < -0.4 is 24.4 Å². The summed E-state index contributed by atoms with van der Waals surface area (Å²) in [5, 5.41) is 9.03. The highest BCUT2D eigenvalue weighted by atomic mass is 35.5. The number of benzene rings is 2. The molecule has 0 saturated heterocycles. The molecule has 12 heteroatoms. The molecule has 1 N–H and O–H groups in total. The highest BCUT2D eigenvalue weighted by Crippen LogP contribution is 2.35. The molecule has 2 heterocycles. The van der Waals surface area contributed by atoms with Crippen molar-refractivity contribution in [3.8, 4) is 11.5 Å². The van der Waals surface area contributed by atoms with E-state index in [1.807, 2.05) is 0 Å². The maximum atomic E-state index is 13.7. The Bertz CT molecular complexity index is 1620. The quantitative estimate of drug-likeness (QED) is 0.407. The summed E-state index contributed by atoms with van der Waals surface area (Å²) in [7, 11) is 1.53. The lowest BCUT2D eigenvalue weighted by Gasteiger charge is -2.25. The van der Waals surface area contributed by atoms with Gasteiger partial charge < -0.3 is 19.3 Å². The molecule has 1 aliphatic heterocycles. The number of hydrogen-bond donors (Lipinski definition) is 1. The Morgan fingerprint density at radius 3 is 2.55 bits per heavy atom. The predicted molar refractivity (Wildman–Crippen MR) is 143 cm³/mol. The van der Waals surface area contributed by atoms with Gasteiger partial charge in [-0.1, -0.05) is 46.7 Å². The van der Waals surface area contributed by atoms with Gasteiger partial charge in [0.1, 0.15) is 5.75 Å². The fraction of sp³-hybridized carbons (Fsp3) is 0.231. The SMILES string of the molecule is CCOC(=O)C1=C(C)N=c2s/c(=C/c3cc(Cl)c(OCC(=O)O)c(Cl)c3)c(=O)n2C1c1cccc(OC)c1. The first-order valence-corrected chi connectivity index (χ1v) is 12.9. The van der Waals surface area contributed by atoms with Crippen LogP contribution in [0.3, 0.4) is 0 Å². The van der Waals surface area contributed by atoms with Crippen LogP contribution in [0.25, 0.3) is 6.08 Å². The molecule has 1 aliphatic rings. The van der Waals surface area contributed by atoms with Crippen molar-refractivity contribution in [1.29, 1.82) is 0 Å². The number of aromatic nitrogens is 1. The molecule has 0 fully saturated rings. The van der Waals surface area contributed by atoms with Crippen LogP contribution in [0, 0.1) is 0 Å². The number of allylic oxidation sites excluding steroid dienone is 1. The van der Waals surface area contributed by atoms with Gasteiger partial charge in [0.05, 0.1) is 45.6 Å². The van der Waals surface area contributed by atoms with E-state index in [0.29, 0.717) is 31.9 Å². The first kappa shape index (κ1) is 27.4. The fourth-order valence-electron chi connectivity index (χ4n) is 4.00. The Labute approximate surface area is 230 Å². The van der Waals surface area contributed by atoms with Crippen LogP contribution in [0.1, 0.15) is 31.0 Å². The van der Waals surface area contributed by atoms with Gasteiger partial charge in [-0.15, -0.1) is 0 Å².